The van der Waals surface area contributed by atoms with Crippen LogP contribution < -0.4 is 4.90 Å². The van der Waals surface area contributed by atoms with Crippen molar-refractivity contribution < 1.29 is 5.11 Å². The van der Waals surface area contributed by atoms with E-state index in [0.717, 1.165) is 24.6 Å². The first-order valence-electron chi connectivity index (χ1n) is 4.61. The van der Waals surface area contributed by atoms with Crippen molar-refractivity contribution in [2.75, 3.05) is 11.4 Å². The molecule has 0 aromatic heterocycles. The predicted molar refractivity (Wildman–Crippen MR) is 53.3 cm³/mol. The van der Waals surface area contributed by atoms with E-state index >= 15 is 0 Å². The molecule has 1 aliphatic rings. The summed E-state index contributed by atoms with van der Waals surface area (Å²) in [5.41, 5.74) is 1.10. The number of aliphatic hydroxyl groups excluding tert-OH is 1. The molecule has 1 aromatic carbocycles. The summed E-state index contributed by atoms with van der Waals surface area (Å²) >= 11 is 0. The van der Waals surface area contributed by atoms with Gasteiger partial charge in [0.2, 0.25) is 0 Å². The van der Waals surface area contributed by atoms with Crippen molar-refractivity contribution in [2.24, 2.45) is 0 Å². The molecule has 2 nitrogen and oxygen atoms in total. The lowest BCUT2D eigenvalue weighted by Crippen LogP contribution is -2.30. The molecule has 1 saturated heterocycles. The maximum absolute atomic E-state index is 9.80. The second-order valence-corrected chi connectivity index (χ2v) is 3.50. The molecule has 1 fully saturated rings. The smallest absolute Gasteiger partial charge is 0.277 e. The average Bonchev–Trinajstić information content (AvgIpc) is 2.49. The van der Waals surface area contributed by atoms with Crippen molar-refractivity contribution in [3.63, 3.8) is 0 Å². The zero-order valence-electron chi connectivity index (χ0n) is 7.77. The van der Waals surface area contributed by atoms with Gasteiger partial charge in [-0.1, -0.05) is 18.2 Å². The Bertz CT molecular complexity index is 273. The lowest BCUT2D eigenvalue weighted by molar-refractivity contribution is 0.202. The zero-order valence-corrected chi connectivity index (χ0v) is 7.77. The third-order valence-electron chi connectivity index (χ3n) is 2.57. The highest BCUT2D eigenvalue weighted by molar-refractivity contribution is 5.49. The quantitative estimate of drug-likeness (QED) is 0.660. The van der Waals surface area contributed by atoms with E-state index in [1.165, 1.54) is 0 Å². The fourth-order valence-corrected chi connectivity index (χ4v) is 1.70. The SMILES string of the molecule is C[C+]1CCN(c2ccccc2)C1O. The molecule has 0 spiro atoms. The standard InChI is InChI=1S/C11H14NO/c1-9-7-8-12(11(9)13)10-5-3-2-4-6-10/h2-6,11,13H,7-8H2,1H3/q+1. The van der Waals surface area contributed by atoms with Crippen molar-refractivity contribution in [1.29, 1.82) is 0 Å². The summed E-state index contributed by atoms with van der Waals surface area (Å²) in [6.45, 7) is 2.94. The van der Waals surface area contributed by atoms with E-state index in [4.69, 9.17) is 0 Å². The van der Waals surface area contributed by atoms with Crippen LogP contribution in [0.1, 0.15) is 13.3 Å². The topological polar surface area (TPSA) is 23.5 Å². The van der Waals surface area contributed by atoms with Gasteiger partial charge in [0.1, 0.15) is 12.3 Å². The van der Waals surface area contributed by atoms with Crippen LogP contribution in [0.15, 0.2) is 30.3 Å². The summed E-state index contributed by atoms with van der Waals surface area (Å²) in [6.07, 6.45) is 0.609. The first-order valence-corrected chi connectivity index (χ1v) is 4.61. The number of hydrogen-bond acceptors (Lipinski definition) is 2. The number of benzene rings is 1. The Morgan fingerprint density at radius 3 is 2.62 bits per heavy atom. The number of para-hydroxylation sites is 1. The zero-order chi connectivity index (χ0) is 9.26. The van der Waals surface area contributed by atoms with E-state index in [1.54, 1.807) is 0 Å². The molecular formula is C11H14NO+. The fourth-order valence-electron chi connectivity index (χ4n) is 1.70. The van der Waals surface area contributed by atoms with Crippen LogP contribution in [0.4, 0.5) is 5.69 Å². The van der Waals surface area contributed by atoms with Crippen LogP contribution in [0.2, 0.25) is 0 Å². The minimum absolute atomic E-state index is 0.387. The summed E-state index contributed by atoms with van der Waals surface area (Å²) in [5.74, 6) is 1.16. The Hall–Kier alpha value is -1.15. The van der Waals surface area contributed by atoms with Gasteiger partial charge in [-0.2, -0.15) is 0 Å². The van der Waals surface area contributed by atoms with E-state index in [9.17, 15) is 5.11 Å². The molecule has 0 radical (unpaired) electrons. The Morgan fingerprint density at radius 1 is 1.38 bits per heavy atom. The molecule has 2 heteroatoms. The van der Waals surface area contributed by atoms with Gasteiger partial charge in [0.25, 0.3) is 6.23 Å². The molecule has 0 aliphatic carbocycles. The van der Waals surface area contributed by atoms with Crippen LogP contribution in [0, 0.1) is 5.92 Å². The molecule has 1 aromatic rings. The number of anilines is 1. The largest absolute Gasteiger partial charge is 0.336 e. The van der Waals surface area contributed by atoms with Gasteiger partial charge in [-0.25, -0.2) is 0 Å². The lowest BCUT2D eigenvalue weighted by Gasteiger charge is -2.18. The summed E-state index contributed by atoms with van der Waals surface area (Å²) in [7, 11) is 0. The van der Waals surface area contributed by atoms with Crippen molar-refractivity contribution in [1.82, 2.24) is 0 Å². The first-order chi connectivity index (χ1) is 6.29. The normalized spacial score (nSPS) is 22.5. The Labute approximate surface area is 78.8 Å². The summed E-state index contributed by atoms with van der Waals surface area (Å²) in [4.78, 5) is 2.02. The predicted octanol–water partition coefficient (Wildman–Crippen LogP) is 1.81. The molecule has 1 unspecified atom stereocenters. The second-order valence-electron chi connectivity index (χ2n) is 3.50. The summed E-state index contributed by atoms with van der Waals surface area (Å²) in [6, 6.07) is 10.0. The van der Waals surface area contributed by atoms with E-state index in [-0.39, 0.29) is 6.23 Å². The molecule has 68 valence electrons. The second kappa shape index (κ2) is 3.30. The molecule has 13 heavy (non-hydrogen) atoms. The van der Waals surface area contributed by atoms with Gasteiger partial charge in [0, 0.05) is 5.69 Å². The Morgan fingerprint density at radius 2 is 2.08 bits per heavy atom. The van der Waals surface area contributed by atoms with E-state index in [0.29, 0.717) is 0 Å². The third kappa shape index (κ3) is 1.49. The number of rotatable bonds is 1. The number of nitrogens with zero attached hydrogens (tertiary/aromatic N) is 1. The maximum atomic E-state index is 9.80. The Kier molecular flexibility index (Phi) is 2.15. The van der Waals surface area contributed by atoms with Crippen molar-refractivity contribution in [3.05, 3.63) is 36.2 Å². The van der Waals surface area contributed by atoms with Crippen LogP contribution in [-0.4, -0.2) is 17.9 Å². The molecule has 1 atom stereocenters. The molecule has 2 rings (SSSR count). The molecule has 0 saturated carbocycles. The Balaban J connectivity index is 2.19. The summed E-state index contributed by atoms with van der Waals surface area (Å²) < 4.78 is 0. The van der Waals surface area contributed by atoms with E-state index in [1.807, 2.05) is 42.2 Å². The molecule has 0 bridgehead atoms. The monoisotopic (exact) mass is 176 g/mol. The van der Waals surface area contributed by atoms with Crippen molar-refractivity contribution in [3.8, 4) is 0 Å². The van der Waals surface area contributed by atoms with Crippen molar-refractivity contribution >= 4 is 5.69 Å². The van der Waals surface area contributed by atoms with Crippen molar-refractivity contribution in [2.45, 2.75) is 19.6 Å². The van der Waals surface area contributed by atoms with Gasteiger partial charge >= 0.3 is 0 Å². The average molecular weight is 176 g/mol. The fraction of sp³-hybridized carbons (Fsp3) is 0.364. The minimum atomic E-state index is -0.387. The van der Waals surface area contributed by atoms with Crippen LogP contribution >= 0.6 is 0 Å². The van der Waals surface area contributed by atoms with Gasteiger partial charge in [0.05, 0.1) is 13.5 Å². The van der Waals surface area contributed by atoms with Gasteiger partial charge in [-0.05, 0) is 12.1 Å². The van der Waals surface area contributed by atoms with Crippen LogP contribution in [0.5, 0.6) is 0 Å². The van der Waals surface area contributed by atoms with Crippen LogP contribution in [-0.2, 0) is 0 Å². The molecule has 1 aliphatic heterocycles. The lowest BCUT2D eigenvalue weighted by atomic mass is 10.1. The molecular weight excluding hydrogens is 162 g/mol. The number of hydrogen-bond donors (Lipinski definition) is 1. The number of aliphatic hydroxyl groups is 1. The van der Waals surface area contributed by atoms with Gasteiger partial charge < -0.3 is 10.0 Å². The van der Waals surface area contributed by atoms with Crippen LogP contribution in [0.25, 0.3) is 0 Å². The highest BCUT2D eigenvalue weighted by Gasteiger charge is 2.38. The first kappa shape index (κ1) is 8.45. The summed E-state index contributed by atoms with van der Waals surface area (Å²) in [5, 5.41) is 9.80. The molecule has 1 N–H and O–H groups in total. The third-order valence-corrected chi connectivity index (χ3v) is 2.57. The molecule has 0 amide bonds. The minimum Gasteiger partial charge on any atom is -0.336 e. The van der Waals surface area contributed by atoms with E-state index < -0.39 is 0 Å². The van der Waals surface area contributed by atoms with Gasteiger partial charge in [-0.3, -0.25) is 0 Å². The van der Waals surface area contributed by atoms with Crippen LogP contribution in [0.3, 0.4) is 0 Å². The van der Waals surface area contributed by atoms with Gasteiger partial charge in [-0.15, -0.1) is 0 Å². The van der Waals surface area contributed by atoms with E-state index in [2.05, 4.69) is 0 Å². The highest BCUT2D eigenvalue weighted by atomic mass is 16.3. The van der Waals surface area contributed by atoms with Gasteiger partial charge in [0.15, 0.2) is 0 Å². The molecule has 1 heterocycles. The highest BCUT2D eigenvalue weighted by Crippen LogP contribution is 2.28. The maximum Gasteiger partial charge on any atom is 0.277 e.